The fraction of sp³-hybridized carbons (Fsp3) is 0.231. The van der Waals surface area contributed by atoms with Gasteiger partial charge in [-0.15, -0.1) is 0 Å². The molecular formula is C26H23N3O7S3Se2. The van der Waals surface area contributed by atoms with Gasteiger partial charge in [-0.1, -0.05) is 0 Å². The molecule has 0 saturated carbocycles. The molecule has 2 aromatic carbocycles. The van der Waals surface area contributed by atoms with Crippen molar-refractivity contribution in [1.82, 2.24) is 9.47 Å². The van der Waals surface area contributed by atoms with Gasteiger partial charge in [0.2, 0.25) is 0 Å². The fourth-order valence-corrected chi connectivity index (χ4v) is 11.5. The van der Waals surface area contributed by atoms with Gasteiger partial charge in [-0.25, -0.2) is 0 Å². The number of hydrogen-bond donors (Lipinski definition) is 2. The van der Waals surface area contributed by atoms with Crippen LogP contribution in [0, 0.1) is 0 Å². The Bertz CT molecular complexity index is 1930. The number of fused-ring (bicyclic) bond motifs is 3. The Morgan fingerprint density at radius 3 is 2.59 bits per heavy atom. The number of carbonyl (C=O) groups is 2. The quantitative estimate of drug-likeness (QED) is 0.183. The summed E-state index contributed by atoms with van der Waals surface area (Å²) in [5.41, 5.74) is 0.678. The number of carbonyl (C=O) groups excluding carboxylic acids is 1. The number of carboxylic acid groups (broad SMARTS) is 1. The molecule has 0 bridgehead atoms. The summed E-state index contributed by atoms with van der Waals surface area (Å²) in [5.74, 6) is -2.25. The number of thiocarbonyl (C=S) groups is 1. The van der Waals surface area contributed by atoms with Crippen LogP contribution in [0.2, 0.25) is 0 Å². The molecule has 2 aliphatic heterocycles. The Balaban J connectivity index is 1.55. The Morgan fingerprint density at radius 2 is 1.88 bits per heavy atom. The summed E-state index contributed by atoms with van der Waals surface area (Å²) in [6.45, 7) is 2.19. The van der Waals surface area contributed by atoms with Gasteiger partial charge in [0.15, 0.2) is 0 Å². The van der Waals surface area contributed by atoms with E-state index in [0.29, 0.717) is 8.32 Å². The molecular weight excluding hydrogens is 720 g/mol. The zero-order valence-electron chi connectivity index (χ0n) is 21.5. The van der Waals surface area contributed by atoms with Crippen LogP contribution in [0.15, 0.2) is 51.9 Å². The Morgan fingerprint density at radius 1 is 1.12 bits per heavy atom. The molecule has 214 valence electrons. The molecule has 0 spiro atoms. The molecule has 10 nitrogen and oxygen atoms in total. The van der Waals surface area contributed by atoms with Crippen LogP contribution < -0.4 is 23.2 Å². The van der Waals surface area contributed by atoms with E-state index in [1.807, 2.05) is 18.2 Å². The molecule has 2 N–H and O–H groups in total. The second-order valence-corrected chi connectivity index (χ2v) is 16.5. The molecule has 1 saturated heterocycles. The van der Waals surface area contributed by atoms with Crippen molar-refractivity contribution >= 4 is 112 Å². The Kier molecular flexibility index (Phi) is 8.79. The predicted molar refractivity (Wildman–Crippen MR) is 166 cm³/mol. The van der Waals surface area contributed by atoms with Gasteiger partial charge in [-0.2, -0.15) is 0 Å². The molecule has 3 heterocycles. The predicted octanol–water partition coefficient (Wildman–Crippen LogP) is -0.119. The van der Waals surface area contributed by atoms with E-state index in [0.717, 1.165) is 33.2 Å². The van der Waals surface area contributed by atoms with Crippen molar-refractivity contribution < 1.29 is 27.7 Å². The van der Waals surface area contributed by atoms with E-state index in [-0.39, 0.29) is 37.1 Å². The first kappa shape index (κ1) is 30.0. The third-order valence-corrected chi connectivity index (χ3v) is 13.8. The van der Waals surface area contributed by atoms with Crippen LogP contribution in [-0.2, 0) is 26.3 Å². The summed E-state index contributed by atoms with van der Waals surface area (Å²) in [6.07, 6.45) is 3.64. The van der Waals surface area contributed by atoms with Crippen LogP contribution in [0.1, 0.15) is 13.3 Å². The molecule has 15 heteroatoms. The van der Waals surface area contributed by atoms with E-state index in [2.05, 4.69) is 36.1 Å². The zero-order chi connectivity index (χ0) is 29.5. The van der Waals surface area contributed by atoms with Crippen LogP contribution in [0.4, 0.5) is 5.69 Å². The van der Waals surface area contributed by atoms with E-state index in [1.54, 1.807) is 6.08 Å². The average molecular weight is 744 g/mol. The maximum atomic E-state index is 13.4. The molecule has 1 amide bonds. The van der Waals surface area contributed by atoms with Crippen molar-refractivity contribution in [2.75, 3.05) is 23.7 Å². The van der Waals surface area contributed by atoms with Crippen molar-refractivity contribution in [3.05, 3.63) is 65.7 Å². The van der Waals surface area contributed by atoms with Crippen LogP contribution in [-0.4, -0.2) is 92.0 Å². The van der Waals surface area contributed by atoms with Crippen molar-refractivity contribution in [2.45, 2.75) is 19.9 Å². The minimum absolute atomic E-state index is 0.00796. The number of thioether (sulfide) groups is 1. The first-order valence-corrected chi connectivity index (χ1v) is 18.6. The molecule has 41 heavy (non-hydrogen) atoms. The first-order valence-electron chi connectivity index (χ1n) is 12.3. The van der Waals surface area contributed by atoms with Crippen LogP contribution in [0.3, 0.4) is 0 Å². The van der Waals surface area contributed by atoms with Gasteiger partial charge in [-0.05, 0) is 0 Å². The molecule has 0 unspecified atom stereocenters. The number of anilines is 1. The number of aliphatic carboxylic acids is 1. The van der Waals surface area contributed by atoms with Crippen LogP contribution in [0.5, 0.6) is 0 Å². The van der Waals surface area contributed by atoms with E-state index < -0.39 is 54.4 Å². The molecule has 1 aromatic heterocycles. The standard InChI is InChI=1S/C26H23N3O7S3Se2/c1-2-27-17-9-8-15-6-3-4-7-16(15)22(17)41-19(27)11-10-18-23(32)29(14-20(30)31)25(40-18)21-24(33)28(26(37)38-21)12-5-13-39(34,35)36/h3-4,6-11H,2,5,12-14H2,1H3,(H,30,31)(H,34,35,36)/b18-10?,19-11?,25-21-. The zero-order valence-corrected chi connectivity index (χ0v) is 27.3. The van der Waals surface area contributed by atoms with E-state index in [1.165, 1.54) is 20.1 Å². The summed E-state index contributed by atoms with van der Waals surface area (Å²) >= 11 is 5.62. The normalized spacial score (nSPS) is 18.3. The molecule has 3 aromatic rings. The number of carboxylic acids is 1. The van der Waals surface area contributed by atoms with Gasteiger partial charge in [0, 0.05) is 0 Å². The van der Waals surface area contributed by atoms with Gasteiger partial charge < -0.3 is 0 Å². The number of aromatic nitrogens is 1. The second-order valence-electron chi connectivity index (χ2n) is 9.00. The van der Waals surface area contributed by atoms with E-state index >= 15 is 0 Å². The van der Waals surface area contributed by atoms with E-state index in [9.17, 15) is 27.9 Å². The van der Waals surface area contributed by atoms with Crippen LogP contribution in [0.25, 0.3) is 21.8 Å². The molecule has 1 fully saturated rings. The number of amides is 1. The molecule has 0 atom stereocenters. The van der Waals surface area contributed by atoms with Gasteiger partial charge in [0.1, 0.15) is 0 Å². The third kappa shape index (κ3) is 6.18. The van der Waals surface area contributed by atoms with Crippen molar-refractivity contribution in [3.63, 3.8) is 0 Å². The van der Waals surface area contributed by atoms with Crippen molar-refractivity contribution in [1.29, 1.82) is 0 Å². The van der Waals surface area contributed by atoms with Gasteiger partial charge in [-0.3, -0.25) is 0 Å². The van der Waals surface area contributed by atoms with Crippen molar-refractivity contribution in [3.8, 4) is 0 Å². The Hall–Kier alpha value is -2.48. The number of rotatable bonds is 8. The number of hydrogen-bond acceptors (Lipinski definition) is 8. The first-order chi connectivity index (χ1) is 19.5. The summed E-state index contributed by atoms with van der Waals surface area (Å²) < 4.78 is 35.5. The van der Waals surface area contributed by atoms with Crippen molar-refractivity contribution in [2.24, 2.45) is 0 Å². The molecule has 0 radical (unpaired) electrons. The molecule has 0 aliphatic carbocycles. The van der Waals surface area contributed by atoms with E-state index in [4.69, 9.17) is 16.8 Å². The Labute approximate surface area is 256 Å². The number of benzene rings is 2. The van der Waals surface area contributed by atoms with Gasteiger partial charge >= 0.3 is 258 Å². The summed E-state index contributed by atoms with van der Waals surface area (Å²) in [5, 5.41) is 11.9. The van der Waals surface area contributed by atoms with Gasteiger partial charge in [0.05, 0.1) is 0 Å². The van der Waals surface area contributed by atoms with Crippen LogP contribution >= 0.6 is 24.0 Å². The molecule has 5 rings (SSSR count). The molecule has 2 aliphatic rings. The maximum absolute atomic E-state index is 13.4. The number of allylic oxidation sites excluding steroid dienone is 1. The SMILES string of the molecule is CCN1C(=CC=c2[se]/c(=C3\SC(=S)N(CCCS(=O)(=O)O)C3=O)n(CC(=O)O)c2=O)[Se]c2c1ccc1ccccc21. The average Bonchev–Trinajstić information content (AvgIpc) is 3.53. The second kappa shape index (κ2) is 12.0. The summed E-state index contributed by atoms with van der Waals surface area (Å²) in [4.78, 5) is 41.9. The van der Waals surface area contributed by atoms with Gasteiger partial charge in [0.25, 0.3) is 0 Å². The monoisotopic (exact) mass is 745 g/mol. The topological polar surface area (TPSA) is 137 Å². The minimum atomic E-state index is -4.19. The number of nitrogens with zero attached hydrogens (tertiary/aromatic N) is 3. The summed E-state index contributed by atoms with van der Waals surface area (Å²) in [7, 11) is -4.19. The third-order valence-electron chi connectivity index (χ3n) is 6.34. The fourth-order valence-electron chi connectivity index (χ4n) is 4.53. The summed E-state index contributed by atoms with van der Waals surface area (Å²) in [6, 6.07) is 12.5.